The molecule has 0 fully saturated rings. The summed E-state index contributed by atoms with van der Waals surface area (Å²) in [5, 5.41) is 3.35. The van der Waals surface area contributed by atoms with Gasteiger partial charge in [0.25, 0.3) is 0 Å². The molecule has 0 amide bonds. The molecule has 17 heavy (non-hydrogen) atoms. The summed E-state index contributed by atoms with van der Waals surface area (Å²) in [5.74, 6) is 1.48. The highest BCUT2D eigenvalue weighted by molar-refractivity contribution is 5.39. The van der Waals surface area contributed by atoms with Gasteiger partial charge in [-0.25, -0.2) is 4.98 Å². The number of hydrogen-bond donors (Lipinski definition) is 1. The third-order valence-corrected chi connectivity index (χ3v) is 2.77. The number of nitrogens with zero attached hydrogens (tertiary/aromatic N) is 1. The van der Waals surface area contributed by atoms with Crippen molar-refractivity contribution in [1.29, 1.82) is 0 Å². The van der Waals surface area contributed by atoms with E-state index in [0.717, 1.165) is 12.4 Å². The summed E-state index contributed by atoms with van der Waals surface area (Å²) in [6.07, 6.45) is 1.86. The van der Waals surface area contributed by atoms with Gasteiger partial charge in [-0.15, -0.1) is 0 Å². The topological polar surface area (TPSA) is 24.9 Å². The summed E-state index contributed by atoms with van der Waals surface area (Å²) in [7, 11) is 0. The lowest BCUT2D eigenvalue weighted by atomic mass is 10.1. The molecule has 2 rings (SSSR count). The first-order valence-corrected chi connectivity index (χ1v) is 5.99. The van der Waals surface area contributed by atoms with Gasteiger partial charge in [-0.3, -0.25) is 0 Å². The summed E-state index contributed by atoms with van der Waals surface area (Å²) >= 11 is 0. The summed E-state index contributed by atoms with van der Waals surface area (Å²) in [5.41, 5.74) is 2.58. The zero-order valence-corrected chi connectivity index (χ0v) is 10.4. The third kappa shape index (κ3) is 3.31. The fourth-order valence-corrected chi connectivity index (χ4v) is 1.69. The molecule has 88 valence electrons. The lowest BCUT2D eigenvalue weighted by Gasteiger charge is -2.09. The molecular formula is C15H18N2. The van der Waals surface area contributed by atoms with Gasteiger partial charge < -0.3 is 5.32 Å². The van der Waals surface area contributed by atoms with E-state index in [4.69, 9.17) is 0 Å². The summed E-state index contributed by atoms with van der Waals surface area (Å²) in [4.78, 5) is 4.33. The van der Waals surface area contributed by atoms with Gasteiger partial charge in [-0.1, -0.05) is 44.2 Å². The predicted molar refractivity (Wildman–Crippen MR) is 72.1 cm³/mol. The monoisotopic (exact) mass is 226 g/mol. The van der Waals surface area contributed by atoms with Gasteiger partial charge in [-0.05, 0) is 29.2 Å². The first-order valence-electron chi connectivity index (χ1n) is 5.99. The Morgan fingerprint density at radius 2 is 1.88 bits per heavy atom. The highest BCUT2D eigenvalue weighted by Crippen LogP contribution is 2.16. The van der Waals surface area contributed by atoms with Crippen molar-refractivity contribution >= 4 is 5.82 Å². The Morgan fingerprint density at radius 3 is 2.59 bits per heavy atom. The minimum atomic E-state index is 0.537. The number of anilines is 1. The van der Waals surface area contributed by atoms with Crippen molar-refractivity contribution in [2.75, 3.05) is 5.32 Å². The zero-order chi connectivity index (χ0) is 12.1. The molecule has 2 aromatic rings. The first-order chi connectivity index (χ1) is 8.25. The molecule has 0 aliphatic heterocycles. The Hall–Kier alpha value is -1.83. The van der Waals surface area contributed by atoms with Gasteiger partial charge in [0.1, 0.15) is 5.82 Å². The van der Waals surface area contributed by atoms with Gasteiger partial charge in [0.2, 0.25) is 0 Å². The van der Waals surface area contributed by atoms with Crippen molar-refractivity contribution in [3.8, 4) is 0 Å². The van der Waals surface area contributed by atoms with E-state index in [9.17, 15) is 0 Å². The van der Waals surface area contributed by atoms with Crippen LogP contribution < -0.4 is 5.32 Å². The lowest BCUT2D eigenvalue weighted by Crippen LogP contribution is -2.02. The van der Waals surface area contributed by atoms with Crippen LogP contribution >= 0.6 is 0 Å². The summed E-state index contributed by atoms with van der Waals surface area (Å²) < 4.78 is 0. The predicted octanol–water partition coefficient (Wildman–Crippen LogP) is 3.82. The molecule has 0 unspecified atom stereocenters. The Balaban J connectivity index is 2.02. The molecule has 1 heterocycles. The van der Waals surface area contributed by atoms with E-state index >= 15 is 0 Å². The fraction of sp³-hybridized carbons (Fsp3) is 0.267. The van der Waals surface area contributed by atoms with Crippen LogP contribution in [0.15, 0.2) is 48.7 Å². The molecule has 0 atom stereocenters. The van der Waals surface area contributed by atoms with E-state index in [1.807, 2.05) is 12.3 Å². The van der Waals surface area contributed by atoms with E-state index in [2.05, 4.69) is 60.5 Å². The smallest absolute Gasteiger partial charge is 0.126 e. The molecule has 0 saturated carbocycles. The summed E-state index contributed by atoms with van der Waals surface area (Å²) in [6, 6.07) is 14.5. The van der Waals surface area contributed by atoms with E-state index in [1.165, 1.54) is 11.1 Å². The van der Waals surface area contributed by atoms with Crippen LogP contribution in [0.4, 0.5) is 5.82 Å². The van der Waals surface area contributed by atoms with Crippen molar-refractivity contribution in [2.45, 2.75) is 26.3 Å². The van der Waals surface area contributed by atoms with Crippen LogP contribution in [0.2, 0.25) is 0 Å². The highest BCUT2D eigenvalue weighted by atomic mass is 15.0. The van der Waals surface area contributed by atoms with Crippen molar-refractivity contribution < 1.29 is 0 Å². The Bertz CT molecular complexity index is 463. The largest absolute Gasteiger partial charge is 0.366 e. The average Bonchev–Trinajstić information content (AvgIpc) is 2.38. The Labute approximate surface area is 103 Å². The van der Waals surface area contributed by atoms with Crippen LogP contribution in [-0.2, 0) is 6.54 Å². The second-order valence-electron chi connectivity index (χ2n) is 4.47. The van der Waals surface area contributed by atoms with E-state index in [0.29, 0.717) is 5.92 Å². The third-order valence-electron chi connectivity index (χ3n) is 2.77. The standard InChI is InChI=1S/C15H18N2/c1-12(2)14-8-9-16-15(10-14)17-11-13-6-4-3-5-7-13/h3-10,12H,11H2,1-2H3,(H,16,17). The zero-order valence-electron chi connectivity index (χ0n) is 10.4. The van der Waals surface area contributed by atoms with Crippen LogP contribution in [0.3, 0.4) is 0 Å². The molecule has 0 spiro atoms. The molecule has 0 radical (unpaired) electrons. The fourth-order valence-electron chi connectivity index (χ4n) is 1.69. The Kier molecular flexibility index (Phi) is 3.76. The van der Waals surface area contributed by atoms with Crippen LogP contribution in [0.5, 0.6) is 0 Å². The summed E-state index contributed by atoms with van der Waals surface area (Å²) in [6.45, 7) is 5.20. The van der Waals surface area contributed by atoms with Crippen molar-refractivity contribution in [3.05, 3.63) is 59.8 Å². The van der Waals surface area contributed by atoms with Gasteiger partial charge in [0.15, 0.2) is 0 Å². The van der Waals surface area contributed by atoms with E-state index in [-0.39, 0.29) is 0 Å². The number of nitrogens with one attached hydrogen (secondary N) is 1. The van der Waals surface area contributed by atoms with Crippen molar-refractivity contribution in [3.63, 3.8) is 0 Å². The number of rotatable bonds is 4. The second-order valence-corrected chi connectivity index (χ2v) is 4.47. The number of benzene rings is 1. The van der Waals surface area contributed by atoms with Crippen molar-refractivity contribution in [2.24, 2.45) is 0 Å². The minimum Gasteiger partial charge on any atom is -0.366 e. The molecule has 0 aliphatic carbocycles. The maximum absolute atomic E-state index is 4.33. The molecule has 2 heteroatoms. The maximum atomic E-state index is 4.33. The van der Waals surface area contributed by atoms with E-state index in [1.54, 1.807) is 0 Å². The molecule has 1 aromatic heterocycles. The number of aromatic nitrogens is 1. The lowest BCUT2D eigenvalue weighted by molar-refractivity contribution is 0.862. The minimum absolute atomic E-state index is 0.537. The maximum Gasteiger partial charge on any atom is 0.126 e. The molecule has 1 aromatic carbocycles. The first kappa shape index (κ1) is 11.6. The molecule has 0 aliphatic rings. The van der Waals surface area contributed by atoms with Gasteiger partial charge in [0, 0.05) is 12.7 Å². The van der Waals surface area contributed by atoms with Crippen LogP contribution in [0.1, 0.15) is 30.9 Å². The normalized spacial score (nSPS) is 10.5. The highest BCUT2D eigenvalue weighted by Gasteiger charge is 2.00. The van der Waals surface area contributed by atoms with Gasteiger partial charge >= 0.3 is 0 Å². The average molecular weight is 226 g/mol. The number of hydrogen-bond acceptors (Lipinski definition) is 2. The van der Waals surface area contributed by atoms with Crippen LogP contribution in [0.25, 0.3) is 0 Å². The van der Waals surface area contributed by atoms with Gasteiger partial charge in [0.05, 0.1) is 0 Å². The molecule has 2 nitrogen and oxygen atoms in total. The number of pyridine rings is 1. The SMILES string of the molecule is CC(C)c1ccnc(NCc2ccccc2)c1. The molecular weight excluding hydrogens is 208 g/mol. The Morgan fingerprint density at radius 1 is 1.12 bits per heavy atom. The quantitative estimate of drug-likeness (QED) is 0.857. The molecule has 1 N–H and O–H groups in total. The van der Waals surface area contributed by atoms with Crippen LogP contribution in [-0.4, -0.2) is 4.98 Å². The van der Waals surface area contributed by atoms with Gasteiger partial charge in [-0.2, -0.15) is 0 Å². The van der Waals surface area contributed by atoms with Crippen LogP contribution in [0, 0.1) is 0 Å². The van der Waals surface area contributed by atoms with E-state index < -0.39 is 0 Å². The molecule has 0 bridgehead atoms. The second kappa shape index (κ2) is 5.48. The molecule has 0 saturated heterocycles. The van der Waals surface area contributed by atoms with Crippen molar-refractivity contribution in [1.82, 2.24) is 4.98 Å².